The van der Waals surface area contributed by atoms with E-state index in [-0.39, 0.29) is 19.1 Å². The lowest BCUT2D eigenvalue weighted by molar-refractivity contribution is 0.0944. The first kappa shape index (κ1) is 19.6. The van der Waals surface area contributed by atoms with E-state index < -0.39 is 0 Å². The highest BCUT2D eigenvalue weighted by Gasteiger charge is 2.24. The van der Waals surface area contributed by atoms with Crippen molar-refractivity contribution in [2.24, 2.45) is 0 Å². The number of hydrogen-bond acceptors (Lipinski definition) is 7. The molecule has 1 atom stereocenters. The summed E-state index contributed by atoms with van der Waals surface area (Å²) >= 11 is 0. The molecule has 1 amide bonds. The third-order valence-corrected chi connectivity index (χ3v) is 5.65. The molecule has 4 rings (SSSR count). The minimum atomic E-state index is -0.275. The summed E-state index contributed by atoms with van der Waals surface area (Å²) in [6.07, 6.45) is 4.08. The Morgan fingerprint density at radius 1 is 1.24 bits per heavy atom. The van der Waals surface area contributed by atoms with Gasteiger partial charge in [-0.05, 0) is 24.1 Å². The summed E-state index contributed by atoms with van der Waals surface area (Å²) in [5.41, 5.74) is 2.98. The number of amides is 1. The molecular weight excluding hydrogens is 370 g/mol. The standard InChI is InChI=1S/C21H27N5O3/c1-15(17-3-2-16-4-11-29-19(16)12-17)25-6-8-26(9-7-25)21-23-13-18(14-24-21)20(28)22-5-10-27/h2-3,12-15,27H,4-11H2,1H3,(H,22,28). The van der Waals surface area contributed by atoms with E-state index >= 15 is 0 Å². The molecule has 29 heavy (non-hydrogen) atoms. The number of anilines is 1. The lowest BCUT2D eigenvalue weighted by atomic mass is 10.0. The van der Waals surface area contributed by atoms with E-state index in [1.807, 2.05) is 0 Å². The maximum Gasteiger partial charge on any atom is 0.254 e. The molecule has 1 aromatic heterocycles. The van der Waals surface area contributed by atoms with Gasteiger partial charge in [-0.1, -0.05) is 12.1 Å². The van der Waals surface area contributed by atoms with Gasteiger partial charge in [0.05, 0.1) is 18.8 Å². The van der Waals surface area contributed by atoms with Crippen LogP contribution < -0.4 is 15.0 Å². The summed E-state index contributed by atoms with van der Waals surface area (Å²) in [6, 6.07) is 6.92. The van der Waals surface area contributed by atoms with Crippen molar-refractivity contribution < 1.29 is 14.6 Å². The number of nitrogens with one attached hydrogen (secondary N) is 1. The number of carbonyl (C=O) groups excluding carboxylic acids is 1. The van der Waals surface area contributed by atoms with Gasteiger partial charge in [-0.15, -0.1) is 0 Å². The van der Waals surface area contributed by atoms with Crippen LogP contribution in [-0.2, 0) is 6.42 Å². The van der Waals surface area contributed by atoms with E-state index in [0.29, 0.717) is 17.6 Å². The Kier molecular flexibility index (Phi) is 5.92. The molecule has 3 heterocycles. The molecule has 2 aromatic rings. The molecule has 0 aliphatic carbocycles. The fourth-order valence-electron chi connectivity index (χ4n) is 3.84. The molecule has 0 saturated carbocycles. The quantitative estimate of drug-likeness (QED) is 0.752. The van der Waals surface area contributed by atoms with Crippen LogP contribution in [0.5, 0.6) is 5.75 Å². The molecule has 0 radical (unpaired) electrons. The van der Waals surface area contributed by atoms with Crippen LogP contribution >= 0.6 is 0 Å². The Labute approximate surface area is 170 Å². The Bertz CT molecular complexity index is 850. The number of carbonyl (C=O) groups is 1. The fourth-order valence-corrected chi connectivity index (χ4v) is 3.84. The lowest BCUT2D eigenvalue weighted by Gasteiger charge is -2.38. The molecular formula is C21H27N5O3. The van der Waals surface area contributed by atoms with Gasteiger partial charge >= 0.3 is 0 Å². The molecule has 1 aromatic carbocycles. The van der Waals surface area contributed by atoms with Crippen LogP contribution in [0.4, 0.5) is 5.95 Å². The van der Waals surface area contributed by atoms with Crippen LogP contribution in [-0.4, -0.2) is 71.8 Å². The van der Waals surface area contributed by atoms with Crippen LogP contribution in [0.15, 0.2) is 30.6 Å². The van der Waals surface area contributed by atoms with Crippen LogP contribution in [0.3, 0.4) is 0 Å². The Morgan fingerprint density at radius 3 is 2.72 bits per heavy atom. The zero-order chi connectivity index (χ0) is 20.2. The first-order valence-electron chi connectivity index (χ1n) is 10.1. The SMILES string of the molecule is CC(c1ccc2c(c1)OCC2)N1CCN(c2ncc(C(=O)NCCO)cn2)CC1. The summed E-state index contributed by atoms with van der Waals surface area (Å²) in [7, 11) is 0. The van der Waals surface area contributed by atoms with Crippen molar-refractivity contribution in [1.82, 2.24) is 20.2 Å². The Balaban J connectivity index is 1.33. The first-order valence-corrected chi connectivity index (χ1v) is 10.1. The molecule has 1 saturated heterocycles. The predicted octanol–water partition coefficient (Wildman–Crippen LogP) is 1.02. The highest BCUT2D eigenvalue weighted by atomic mass is 16.5. The van der Waals surface area contributed by atoms with E-state index in [9.17, 15) is 4.79 Å². The molecule has 154 valence electrons. The number of aliphatic hydroxyl groups excluding tert-OH is 1. The predicted molar refractivity (Wildman–Crippen MR) is 109 cm³/mol. The van der Waals surface area contributed by atoms with E-state index in [0.717, 1.165) is 45.0 Å². The average Bonchev–Trinajstić information content (AvgIpc) is 3.25. The largest absolute Gasteiger partial charge is 0.493 e. The maximum absolute atomic E-state index is 11.9. The molecule has 1 fully saturated rings. The van der Waals surface area contributed by atoms with Gasteiger partial charge in [0.15, 0.2) is 0 Å². The van der Waals surface area contributed by atoms with Crippen molar-refractivity contribution in [1.29, 1.82) is 0 Å². The number of benzene rings is 1. The van der Waals surface area contributed by atoms with Crippen LogP contribution in [0.1, 0.15) is 34.5 Å². The van der Waals surface area contributed by atoms with Gasteiger partial charge in [-0.3, -0.25) is 9.69 Å². The van der Waals surface area contributed by atoms with Crippen molar-refractivity contribution in [3.63, 3.8) is 0 Å². The minimum absolute atomic E-state index is 0.0914. The molecule has 8 nitrogen and oxygen atoms in total. The highest BCUT2D eigenvalue weighted by Crippen LogP contribution is 2.31. The number of ether oxygens (including phenoxy) is 1. The Morgan fingerprint density at radius 2 is 2.00 bits per heavy atom. The summed E-state index contributed by atoms with van der Waals surface area (Å²) in [5, 5.41) is 11.4. The van der Waals surface area contributed by atoms with E-state index in [2.05, 4.69) is 50.2 Å². The van der Waals surface area contributed by atoms with Gasteiger partial charge in [0.25, 0.3) is 5.91 Å². The third-order valence-electron chi connectivity index (χ3n) is 5.65. The Hall–Kier alpha value is -2.71. The van der Waals surface area contributed by atoms with Gasteiger partial charge in [-0.2, -0.15) is 0 Å². The monoisotopic (exact) mass is 397 g/mol. The number of piperazine rings is 1. The zero-order valence-electron chi connectivity index (χ0n) is 16.7. The summed E-state index contributed by atoms with van der Waals surface area (Å²) in [6.45, 7) is 6.66. The van der Waals surface area contributed by atoms with Crippen LogP contribution in [0, 0.1) is 0 Å². The van der Waals surface area contributed by atoms with Gasteiger partial charge in [0, 0.05) is 57.6 Å². The molecule has 2 aliphatic rings. The number of hydrogen-bond donors (Lipinski definition) is 2. The molecule has 0 bridgehead atoms. The summed E-state index contributed by atoms with van der Waals surface area (Å²) < 4.78 is 5.72. The second-order valence-corrected chi connectivity index (χ2v) is 7.42. The fraction of sp³-hybridized carbons (Fsp3) is 0.476. The molecule has 1 unspecified atom stereocenters. The normalized spacial score (nSPS) is 17.5. The third kappa shape index (κ3) is 4.33. The second kappa shape index (κ2) is 8.75. The molecule has 8 heteroatoms. The lowest BCUT2D eigenvalue weighted by Crippen LogP contribution is -2.47. The summed E-state index contributed by atoms with van der Waals surface area (Å²) in [4.78, 5) is 25.2. The van der Waals surface area contributed by atoms with Crippen molar-refractivity contribution in [3.8, 4) is 5.75 Å². The number of nitrogens with zero attached hydrogens (tertiary/aromatic N) is 4. The highest BCUT2D eigenvalue weighted by molar-refractivity contribution is 5.93. The molecule has 0 spiro atoms. The van der Waals surface area contributed by atoms with Crippen molar-refractivity contribution >= 4 is 11.9 Å². The van der Waals surface area contributed by atoms with Crippen molar-refractivity contribution in [2.45, 2.75) is 19.4 Å². The van der Waals surface area contributed by atoms with Crippen LogP contribution in [0.25, 0.3) is 0 Å². The van der Waals surface area contributed by atoms with E-state index in [1.54, 1.807) is 0 Å². The average molecular weight is 397 g/mol. The van der Waals surface area contributed by atoms with Crippen molar-refractivity contribution in [2.75, 3.05) is 50.8 Å². The number of fused-ring (bicyclic) bond motifs is 1. The molecule has 2 aliphatic heterocycles. The van der Waals surface area contributed by atoms with Gasteiger partial charge < -0.3 is 20.1 Å². The molecule has 2 N–H and O–H groups in total. The zero-order valence-corrected chi connectivity index (χ0v) is 16.7. The van der Waals surface area contributed by atoms with Gasteiger partial charge in [-0.25, -0.2) is 9.97 Å². The second-order valence-electron chi connectivity index (χ2n) is 7.42. The van der Waals surface area contributed by atoms with Crippen molar-refractivity contribution in [3.05, 3.63) is 47.3 Å². The van der Waals surface area contributed by atoms with Gasteiger partial charge in [0.2, 0.25) is 5.95 Å². The minimum Gasteiger partial charge on any atom is -0.493 e. The summed E-state index contributed by atoms with van der Waals surface area (Å²) in [5.74, 6) is 1.40. The first-order chi connectivity index (χ1) is 14.2. The van der Waals surface area contributed by atoms with E-state index in [1.165, 1.54) is 23.5 Å². The number of aromatic nitrogens is 2. The number of aliphatic hydroxyl groups is 1. The maximum atomic E-state index is 11.9. The van der Waals surface area contributed by atoms with Crippen LogP contribution in [0.2, 0.25) is 0 Å². The number of rotatable bonds is 6. The van der Waals surface area contributed by atoms with Gasteiger partial charge in [0.1, 0.15) is 5.75 Å². The van der Waals surface area contributed by atoms with E-state index in [4.69, 9.17) is 9.84 Å². The topological polar surface area (TPSA) is 90.8 Å². The smallest absolute Gasteiger partial charge is 0.254 e.